The van der Waals surface area contributed by atoms with Gasteiger partial charge in [-0.3, -0.25) is 0 Å². The minimum absolute atomic E-state index is 0.347. The summed E-state index contributed by atoms with van der Waals surface area (Å²) in [5, 5.41) is 0.779. The van der Waals surface area contributed by atoms with Crippen LogP contribution in [-0.4, -0.2) is 13.1 Å². The molecule has 2 aromatic carbocycles. The fourth-order valence-corrected chi connectivity index (χ4v) is 2.51. The van der Waals surface area contributed by atoms with Crippen LogP contribution in [0.1, 0.15) is 15.9 Å². The van der Waals surface area contributed by atoms with Crippen molar-refractivity contribution in [2.75, 3.05) is 7.11 Å². The molecule has 1 aromatic heterocycles. The van der Waals surface area contributed by atoms with Gasteiger partial charge < -0.3 is 9.15 Å². The van der Waals surface area contributed by atoms with Crippen LogP contribution in [0.4, 0.5) is 0 Å². The average Bonchev–Trinajstić information content (AvgIpc) is 2.53. The first-order valence-electron chi connectivity index (χ1n) is 6.82. The summed E-state index contributed by atoms with van der Waals surface area (Å²) in [5.74, 6) is -0.467. The van der Waals surface area contributed by atoms with Gasteiger partial charge in [0.05, 0.1) is 12.7 Å². The Balaban J connectivity index is 2.30. The fourth-order valence-electron chi connectivity index (χ4n) is 2.51. The van der Waals surface area contributed by atoms with Gasteiger partial charge >= 0.3 is 11.6 Å². The number of hydrogen-bond donors (Lipinski definition) is 0. The average molecular weight is 294 g/mol. The zero-order chi connectivity index (χ0) is 15.7. The maximum atomic E-state index is 11.9. The van der Waals surface area contributed by atoms with Gasteiger partial charge in [-0.1, -0.05) is 24.3 Å². The van der Waals surface area contributed by atoms with Crippen molar-refractivity contribution in [3.8, 4) is 11.1 Å². The largest absolute Gasteiger partial charge is 0.465 e. The Morgan fingerprint density at radius 1 is 1.05 bits per heavy atom. The smallest absolute Gasteiger partial charge is 0.337 e. The van der Waals surface area contributed by atoms with E-state index < -0.39 is 11.6 Å². The topological polar surface area (TPSA) is 56.5 Å². The summed E-state index contributed by atoms with van der Waals surface area (Å²) in [6.07, 6.45) is 0. The lowest BCUT2D eigenvalue weighted by atomic mass is 9.97. The second-order valence-electron chi connectivity index (χ2n) is 5.00. The van der Waals surface area contributed by atoms with E-state index in [1.54, 1.807) is 12.1 Å². The van der Waals surface area contributed by atoms with Gasteiger partial charge in [0.1, 0.15) is 5.58 Å². The predicted molar refractivity (Wildman–Crippen MR) is 84.0 cm³/mol. The molecule has 0 N–H and O–H groups in total. The summed E-state index contributed by atoms with van der Waals surface area (Å²) < 4.78 is 9.93. The maximum absolute atomic E-state index is 11.9. The summed E-state index contributed by atoms with van der Waals surface area (Å²) in [5.41, 5.74) is 3.08. The van der Waals surface area contributed by atoms with Crippen molar-refractivity contribution in [2.24, 2.45) is 0 Å². The van der Waals surface area contributed by atoms with E-state index in [9.17, 15) is 9.59 Å². The number of hydrogen-bond acceptors (Lipinski definition) is 4. The first-order chi connectivity index (χ1) is 10.6. The molecule has 0 bridgehead atoms. The normalized spacial score (nSPS) is 10.6. The van der Waals surface area contributed by atoms with Crippen molar-refractivity contribution in [3.63, 3.8) is 0 Å². The molecule has 0 spiro atoms. The van der Waals surface area contributed by atoms with Crippen molar-refractivity contribution in [1.29, 1.82) is 0 Å². The number of carbonyl (C=O) groups excluding carboxylic acids is 1. The lowest BCUT2D eigenvalue weighted by Crippen LogP contribution is -2.03. The highest BCUT2D eigenvalue weighted by molar-refractivity contribution is 5.98. The van der Waals surface area contributed by atoms with E-state index >= 15 is 0 Å². The monoisotopic (exact) mass is 294 g/mol. The van der Waals surface area contributed by atoms with Gasteiger partial charge in [0, 0.05) is 17.0 Å². The number of esters is 1. The molecular formula is C18H14O4. The molecule has 0 saturated heterocycles. The van der Waals surface area contributed by atoms with Crippen LogP contribution in [-0.2, 0) is 4.74 Å². The molecule has 110 valence electrons. The summed E-state index contributed by atoms with van der Waals surface area (Å²) >= 11 is 0. The van der Waals surface area contributed by atoms with Crippen molar-refractivity contribution >= 4 is 16.9 Å². The van der Waals surface area contributed by atoms with Gasteiger partial charge in [-0.15, -0.1) is 0 Å². The molecule has 4 heteroatoms. The Labute approximate surface area is 127 Å². The van der Waals surface area contributed by atoms with E-state index in [0.29, 0.717) is 11.1 Å². The minimum Gasteiger partial charge on any atom is -0.465 e. The summed E-state index contributed by atoms with van der Waals surface area (Å²) in [6.45, 7) is 1.98. The molecule has 0 aliphatic rings. The lowest BCUT2D eigenvalue weighted by Gasteiger charge is -2.09. The fraction of sp³-hybridized carbons (Fsp3) is 0.111. The second kappa shape index (κ2) is 5.48. The van der Waals surface area contributed by atoms with E-state index in [4.69, 9.17) is 9.15 Å². The zero-order valence-corrected chi connectivity index (χ0v) is 12.3. The maximum Gasteiger partial charge on any atom is 0.337 e. The molecule has 0 radical (unpaired) electrons. The van der Waals surface area contributed by atoms with E-state index in [-0.39, 0.29) is 0 Å². The first kappa shape index (κ1) is 14.1. The van der Waals surface area contributed by atoms with Crippen LogP contribution in [0.5, 0.6) is 0 Å². The number of benzene rings is 2. The molecule has 0 amide bonds. The molecule has 4 nitrogen and oxygen atoms in total. The third-order valence-corrected chi connectivity index (χ3v) is 3.60. The van der Waals surface area contributed by atoms with Crippen LogP contribution in [0, 0.1) is 6.92 Å². The van der Waals surface area contributed by atoms with Gasteiger partial charge in [-0.2, -0.15) is 0 Å². The minimum atomic E-state index is -0.467. The van der Waals surface area contributed by atoms with Crippen LogP contribution < -0.4 is 5.63 Å². The van der Waals surface area contributed by atoms with Crippen LogP contribution in [0.2, 0.25) is 0 Å². The molecule has 22 heavy (non-hydrogen) atoms. The van der Waals surface area contributed by atoms with E-state index in [2.05, 4.69) is 0 Å². The molecule has 3 rings (SSSR count). The van der Waals surface area contributed by atoms with E-state index in [1.807, 2.05) is 31.2 Å². The Kier molecular flexibility index (Phi) is 3.51. The Hall–Kier alpha value is -2.88. The van der Waals surface area contributed by atoms with Gasteiger partial charge in [0.2, 0.25) is 0 Å². The molecule has 0 fully saturated rings. The molecule has 0 unspecified atom stereocenters. The predicted octanol–water partition coefficient (Wildman–Crippen LogP) is 3.56. The highest BCUT2D eigenvalue weighted by Crippen LogP contribution is 2.30. The molecule has 0 atom stereocenters. The van der Waals surface area contributed by atoms with E-state index in [0.717, 1.165) is 22.1 Å². The zero-order valence-electron chi connectivity index (χ0n) is 12.3. The number of methoxy groups -OCH3 is 1. The van der Waals surface area contributed by atoms with Crippen molar-refractivity contribution in [2.45, 2.75) is 6.92 Å². The first-order valence-corrected chi connectivity index (χ1v) is 6.82. The van der Waals surface area contributed by atoms with Crippen molar-refractivity contribution in [3.05, 3.63) is 70.1 Å². The van der Waals surface area contributed by atoms with Crippen molar-refractivity contribution < 1.29 is 13.9 Å². The number of fused-ring (bicyclic) bond motifs is 1. The molecule has 0 aliphatic carbocycles. The van der Waals surface area contributed by atoms with Gasteiger partial charge in [-0.25, -0.2) is 9.59 Å². The Morgan fingerprint density at radius 2 is 1.82 bits per heavy atom. The summed E-state index contributed by atoms with van der Waals surface area (Å²) in [7, 11) is 1.31. The third kappa shape index (κ3) is 2.39. The van der Waals surface area contributed by atoms with Crippen LogP contribution in [0.15, 0.2) is 57.7 Å². The van der Waals surface area contributed by atoms with Gasteiger partial charge in [0.15, 0.2) is 0 Å². The Bertz CT molecular complexity index is 922. The van der Waals surface area contributed by atoms with Crippen molar-refractivity contribution in [1.82, 2.24) is 0 Å². The van der Waals surface area contributed by atoms with Crippen LogP contribution in [0.25, 0.3) is 22.1 Å². The number of ether oxygens (including phenoxy) is 1. The highest BCUT2D eigenvalue weighted by Gasteiger charge is 2.12. The summed E-state index contributed by atoms with van der Waals surface area (Å²) in [6, 6.07) is 14.2. The molecule has 0 saturated carbocycles. The molecular weight excluding hydrogens is 280 g/mol. The second-order valence-corrected chi connectivity index (χ2v) is 5.00. The highest BCUT2D eigenvalue weighted by atomic mass is 16.5. The molecule has 1 heterocycles. The standard InChI is InChI=1S/C18H14O4/c1-11-5-3-4-6-13(11)15-10-17(19)22-16-9-12(18(20)21-2)7-8-14(15)16/h3-10H,1-2H3. The van der Waals surface area contributed by atoms with Crippen LogP contribution in [0.3, 0.4) is 0 Å². The SMILES string of the molecule is COC(=O)c1ccc2c(-c3ccccc3C)cc(=O)oc2c1. The summed E-state index contributed by atoms with van der Waals surface area (Å²) in [4.78, 5) is 23.5. The van der Waals surface area contributed by atoms with Gasteiger partial charge in [0.25, 0.3) is 0 Å². The third-order valence-electron chi connectivity index (χ3n) is 3.60. The lowest BCUT2D eigenvalue weighted by molar-refractivity contribution is 0.0600. The number of carbonyl (C=O) groups is 1. The number of rotatable bonds is 2. The Morgan fingerprint density at radius 3 is 2.55 bits per heavy atom. The van der Waals surface area contributed by atoms with Gasteiger partial charge in [-0.05, 0) is 36.2 Å². The van der Waals surface area contributed by atoms with Crippen LogP contribution >= 0.6 is 0 Å². The van der Waals surface area contributed by atoms with E-state index in [1.165, 1.54) is 19.2 Å². The molecule has 0 aliphatic heterocycles. The number of aryl methyl sites for hydroxylation is 1. The quantitative estimate of drug-likeness (QED) is 0.535. The molecule has 3 aromatic rings.